The molecule has 0 amide bonds. The first-order valence-corrected chi connectivity index (χ1v) is 13.4. The number of nitrogens with two attached hydrogens (primary N) is 1. The first-order valence-electron chi connectivity index (χ1n) is 13.4. The van der Waals surface area contributed by atoms with Crippen LogP contribution in [0, 0.1) is 52.3 Å². The third kappa shape index (κ3) is 4.02. The summed E-state index contributed by atoms with van der Waals surface area (Å²) in [5.41, 5.74) is 6.29. The second kappa shape index (κ2) is 8.89. The average molecular weight is 436 g/mol. The van der Waals surface area contributed by atoms with Gasteiger partial charge in [-0.2, -0.15) is 0 Å². The van der Waals surface area contributed by atoms with E-state index in [1.807, 2.05) is 0 Å². The minimum atomic E-state index is -0.352. The maximum Gasteiger partial charge on any atom is 0.0580 e. The van der Waals surface area contributed by atoms with Crippen LogP contribution < -0.4 is 5.73 Å². The molecule has 2 unspecified atom stereocenters. The Hall–Kier alpha value is -0.160. The standard InChI is InChI=1S/C27H49NO3/c1-16(15-28)5-8-23(30)17(2)25-24(31)14-22-20-7-6-18-13-19(29)9-11-26(18,3)21(20)10-12-27(22,25)4/h16-25,29-31H,5-15,28H2,1-4H3/t16?,17-,18+,19+,20-,21+,22+,23?,24+,25+,26+,27+/m1/s1. The first-order chi connectivity index (χ1) is 14.6. The van der Waals surface area contributed by atoms with Gasteiger partial charge in [-0.15, -0.1) is 0 Å². The van der Waals surface area contributed by atoms with Crippen molar-refractivity contribution in [2.45, 2.75) is 110 Å². The van der Waals surface area contributed by atoms with E-state index in [4.69, 9.17) is 5.73 Å². The molecular formula is C27H49NO3. The third-order valence-corrected chi connectivity index (χ3v) is 11.3. The lowest BCUT2D eigenvalue weighted by Crippen LogP contribution is -2.54. The van der Waals surface area contributed by atoms with Crippen LogP contribution >= 0.6 is 0 Å². The number of rotatable bonds is 6. The molecule has 0 aromatic heterocycles. The fraction of sp³-hybridized carbons (Fsp3) is 1.00. The highest BCUT2D eigenvalue weighted by Crippen LogP contribution is 2.68. The van der Waals surface area contributed by atoms with Crippen molar-refractivity contribution in [2.24, 2.45) is 58.0 Å². The van der Waals surface area contributed by atoms with Crippen LogP contribution in [0.15, 0.2) is 0 Å². The summed E-state index contributed by atoms with van der Waals surface area (Å²) in [4.78, 5) is 0. The Kier molecular flexibility index (Phi) is 6.88. The molecule has 0 aliphatic heterocycles. The van der Waals surface area contributed by atoms with Crippen LogP contribution in [0.5, 0.6) is 0 Å². The van der Waals surface area contributed by atoms with Gasteiger partial charge in [-0.25, -0.2) is 0 Å². The molecule has 5 N–H and O–H groups in total. The Balaban J connectivity index is 1.50. The summed E-state index contributed by atoms with van der Waals surface area (Å²) in [7, 11) is 0. The van der Waals surface area contributed by atoms with Gasteiger partial charge in [0, 0.05) is 0 Å². The van der Waals surface area contributed by atoms with Crippen molar-refractivity contribution >= 4 is 0 Å². The monoisotopic (exact) mass is 435 g/mol. The molecule has 4 nitrogen and oxygen atoms in total. The zero-order valence-electron chi connectivity index (χ0n) is 20.5. The SMILES string of the molecule is CC(CN)CCC(O)[C@@H](C)[C@H]1[C@@H](O)C[C@H]2[C@@H]3CC[C@H]4C[C@@H](O)CC[C@]4(C)[C@H]3CC[C@]12C. The second-order valence-corrected chi connectivity index (χ2v) is 12.8. The van der Waals surface area contributed by atoms with Crippen molar-refractivity contribution in [2.75, 3.05) is 6.54 Å². The number of aliphatic hydroxyl groups excluding tert-OH is 3. The molecule has 0 bridgehead atoms. The fourth-order valence-electron chi connectivity index (χ4n) is 9.31. The third-order valence-electron chi connectivity index (χ3n) is 11.3. The van der Waals surface area contributed by atoms with Gasteiger partial charge in [0.1, 0.15) is 0 Å². The van der Waals surface area contributed by atoms with Crippen molar-refractivity contribution in [3.8, 4) is 0 Å². The summed E-state index contributed by atoms with van der Waals surface area (Å²) >= 11 is 0. The zero-order chi connectivity index (χ0) is 22.6. The normalized spacial score (nSPS) is 50.1. The minimum absolute atomic E-state index is 0.0921. The quantitative estimate of drug-likeness (QED) is 0.500. The topological polar surface area (TPSA) is 86.7 Å². The van der Waals surface area contributed by atoms with E-state index in [1.165, 1.54) is 32.1 Å². The Morgan fingerprint density at radius 1 is 0.903 bits per heavy atom. The largest absolute Gasteiger partial charge is 0.393 e. The van der Waals surface area contributed by atoms with Gasteiger partial charge >= 0.3 is 0 Å². The van der Waals surface area contributed by atoms with Crippen molar-refractivity contribution in [1.29, 1.82) is 0 Å². The Labute approximate surface area is 190 Å². The highest BCUT2D eigenvalue weighted by atomic mass is 16.3. The van der Waals surface area contributed by atoms with Crippen molar-refractivity contribution < 1.29 is 15.3 Å². The molecule has 0 saturated heterocycles. The van der Waals surface area contributed by atoms with E-state index >= 15 is 0 Å². The van der Waals surface area contributed by atoms with Gasteiger partial charge in [-0.05, 0) is 123 Å². The first kappa shape index (κ1) is 24.0. The Morgan fingerprint density at radius 2 is 1.61 bits per heavy atom. The van der Waals surface area contributed by atoms with E-state index in [0.717, 1.165) is 38.0 Å². The lowest BCUT2D eigenvalue weighted by molar-refractivity contribution is -0.133. The van der Waals surface area contributed by atoms with E-state index in [9.17, 15) is 15.3 Å². The number of aliphatic hydroxyl groups is 3. The molecule has 4 rings (SSSR count). The maximum absolute atomic E-state index is 11.3. The van der Waals surface area contributed by atoms with E-state index in [-0.39, 0.29) is 35.6 Å². The fourth-order valence-corrected chi connectivity index (χ4v) is 9.31. The van der Waals surface area contributed by atoms with Gasteiger partial charge < -0.3 is 21.1 Å². The van der Waals surface area contributed by atoms with Crippen LogP contribution in [0.25, 0.3) is 0 Å². The number of fused-ring (bicyclic) bond motifs is 5. The van der Waals surface area contributed by atoms with E-state index < -0.39 is 0 Å². The molecule has 180 valence electrons. The predicted octanol–water partition coefficient (Wildman–Crippen LogP) is 4.35. The molecule has 12 atom stereocenters. The van der Waals surface area contributed by atoms with E-state index in [1.54, 1.807) is 0 Å². The summed E-state index contributed by atoms with van der Waals surface area (Å²) in [6, 6.07) is 0. The molecule has 0 spiro atoms. The molecule has 4 aliphatic rings. The van der Waals surface area contributed by atoms with Gasteiger partial charge in [-0.3, -0.25) is 0 Å². The molecule has 0 aromatic carbocycles. The molecule has 4 heteroatoms. The molecule has 0 radical (unpaired) electrons. The number of hydrogen-bond donors (Lipinski definition) is 4. The van der Waals surface area contributed by atoms with Crippen LogP contribution in [-0.4, -0.2) is 40.2 Å². The summed E-state index contributed by atoms with van der Waals surface area (Å²) in [6.07, 6.45) is 10.0. The van der Waals surface area contributed by atoms with E-state index in [0.29, 0.717) is 35.6 Å². The highest BCUT2D eigenvalue weighted by Gasteiger charge is 2.63. The molecular weight excluding hydrogens is 386 g/mol. The average Bonchev–Trinajstić information content (AvgIpc) is 3.01. The van der Waals surface area contributed by atoms with E-state index in [2.05, 4.69) is 27.7 Å². The summed E-state index contributed by atoms with van der Waals surface area (Å²) in [6.45, 7) is 9.98. The Bertz CT molecular complexity index is 628. The number of hydrogen-bond acceptors (Lipinski definition) is 4. The second-order valence-electron chi connectivity index (χ2n) is 12.8. The predicted molar refractivity (Wildman–Crippen MR) is 125 cm³/mol. The molecule has 4 fully saturated rings. The zero-order valence-corrected chi connectivity index (χ0v) is 20.5. The van der Waals surface area contributed by atoms with Gasteiger partial charge in [0.25, 0.3) is 0 Å². The summed E-state index contributed by atoms with van der Waals surface area (Å²) in [5, 5.41) is 32.6. The van der Waals surface area contributed by atoms with Crippen molar-refractivity contribution in [1.82, 2.24) is 0 Å². The highest BCUT2D eigenvalue weighted by molar-refractivity contribution is 5.12. The minimum Gasteiger partial charge on any atom is -0.393 e. The lowest BCUT2D eigenvalue weighted by atomic mass is 9.44. The molecule has 0 aromatic rings. The molecule has 31 heavy (non-hydrogen) atoms. The van der Waals surface area contributed by atoms with Crippen LogP contribution in [0.3, 0.4) is 0 Å². The molecule has 0 heterocycles. The van der Waals surface area contributed by atoms with Gasteiger partial charge in [0.15, 0.2) is 0 Å². The summed E-state index contributed by atoms with van der Waals surface area (Å²) in [5.74, 6) is 3.47. The van der Waals surface area contributed by atoms with Crippen molar-refractivity contribution in [3.63, 3.8) is 0 Å². The van der Waals surface area contributed by atoms with Crippen LogP contribution in [0.1, 0.15) is 91.9 Å². The van der Waals surface area contributed by atoms with Gasteiger partial charge in [0.2, 0.25) is 0 Å². The van der Waals surface area contributed by atoms with Crippen molar-refractivity contribution in [3.05, 3.63) is 0 Å². The van der Waals surface area contributed by atoms with Gasteiger partial charge in [0.05, 0.1) is 18.3 Å². The van der Waals surface area contributed by atoms with Gasteiger partial charge in [-0.1, -0.05) is 27.7 Å². The van der Waals surface area contributed by atoms with Crippen LogP contribution in [-0.2, 0) is 0 Å². The molecule has 4 saturated carbocycles. The Morgan fingerprint density at radius 3 is 2.32 bits per heavy atom. The summed E-state index contributed by atoms with van der Waals surface area (Å²) < 4.78 is 0. The smallest absolute Gasteiger partial charge is 0.0580 e. The lowest BCUT2D eigenvalue weighted by Gasteiger charge is -2.61. The van der Waals surface area contributed by atoms with Crippen LogP contribution in [0.4, 0.5) is 0 Å². The maximum atomic E-state index is 11.3. The van der Waals surface area contributed by atoms with Crippen LogP contribution in [0.2, 0.25) is 0 Å². The molecule has 4 aliphatic carbocycles.